The van der Waals surface area contributed by atoms with E-state index >= 15 is 0 Å². The first-order valence-electron chi connectivity index (χ1n) is 10.2. The van der Waals surface area contributed by atoms with Gasteiger partial charge < -0.3 is 15.0 Å². The van der Waals surface area contributed by atoms with E-state index < -0.39 is 0 Å². The molecule has 1 aliphatic rings. The minimum absolute atomic E-state index is 0.171. The number of pyridine rings is 1. The Morgan fingerprint density at radius 2 is 2.03 bits per heavy atom. The molecule has 1 aliphatic heterocycles. The van der Waals surface area contributed by atoms with Gasteiger partial charge in [0, 0.05) is 48.7 Å². The first-order chi connectivity index (χ1) is 14.6. The van der Waals surface area contributed by atoms with Gasteiger partial charge in [0.15, 0.2) is 0 Å². The molecule has 30 heavy (non-hydrogen) atoms. The number of ether oxygens (including phenoxy) is 1. The van der Waals surface area contributed by atoms with Gasteiger partial charge in [-0.05, 0) is 49.1 Å². The highest BCUT2D eigenvalue weighted by Gasteiger charge is 2.34. The zero-order valence-corrected chi connectivity index (χ0v) is 17.0. The van der Waals surface area contributed by atoms with E-state index in [1.165, 1.54) is 12.1 Å². The molecular formula is C23H25FN4O2. The van der Waals surface area contributed by atoms with Crippen molar-refractivity contribution < 1.29 is 9.13 Å². The minimum atomic E-state index is -0.225. The lowest BCUT2D eigenvalue weighted by molar-refractivity contribution is 0.0542. The van der Waals surface area contributed by atoms with Crippen molar-refractivity contribution in [1.82, 2.24) is 15.0 Å². The summed E-state index contributed by atoms with van der Waals surface area (Å²) in [6, 6.07) is 12.1. The van der Waals surface area contributed by atoms with Crippen LogP contribution in [0.1, 0.15) is 31.0 Å². The van der Waals surface area contributed by atoms with Gasteiger partial charge in [-0.2, -0.15) is 0 Å². The number of halogens is 1. The zero-order valence-electron chi connectivity index (χ0n) is 17.0. The molecule has 6 nitrogen and oxygen atoms in total. The molecule has 0 amide bonds. The molecule has 2 N–H and O–H groups in total. The second-order valence-corrected chi connectivity index (χ2v) is 7.63. The molecule has 0 atom stereocenters. The normalized spacial score (nSPS) is 15.7. The average Bonchev–Trinajstić information content (AvgIpc) is 2.78. The summed E-state index contributed by atoms with van der Waals surface area (Å²) >= 11 is 0. The van der Waals surface area contributed by atoms with Gasteiger partial charge in [-0.3, -0.25) is 4.79 Å². The summed E-state index contributed by atoms with van der Waals surface area (Å²) in [6.45, 7) is 3.89. The summed E-state index contributed by atoms with van der Waals surface area (Å²) in [6.07, 6.45) is 4.02. The van der Waals surface area contributed by atoms with Crippen molar-refractivity contribution in [2.45, 2.75) is 31.6 Å². The Morgan fingerprint density at radius 3 is 2.73 bits per heavy atom. The van der Waals surface area contributed by atoms with E-state index in [0.29, 0.717) is 32.0 Å². The molecule has 1 saturated heterocycles. The molecule has 4 rings (SSSR count). The van der Waals surface area contributed by atoms with Crippen molar-refractivity contribution in [3.05, 3.63) is 76.1 Å². The first kappa shape index (κ1) is 20.2. The number of benzene rings is 1. The number of hydrogen-bond acceptors (Lipinski definition) is 5. The lowest BCUT2D eigenvalue weighted by Gasteiger charge is -2.38. The maximum Gasteiger partial charge on any atom is 0.251 e. The molecule has 0 unspecified atom stereocenters. The maximum atomic E-state index is 13.8. The average molecular weight is 408 g/mol. The Balaban J connectivity index is 1.52. The van der Waals surface area contributed by atoms with Crippen LogP contribution in [0.15, 0.2) is 53.5 Å². The zero-order chi connectivity index (χ0) is 21.0. The Bertz CT molecular complexity index is 1060. The lowest BCUT2D eigenvalue weighted by atomic mass is 9.74. The molecule has 3 heterocycles. The van der Waals surface area contributed by atoms with Gasteiger partial charge in [0.05, 0.1) is 0 Å². The van der Waals surface area contributed by atoms with Crippen LogP contribution in [0.5, 0.6) is 0 Å². The van der Waals surface area contributed by atoms with Crippen LogP contribution in [-0.2, 0) is 16.6 Å². The van der Waals surface area contributed by atoms with Gasteiger partial charge >= 0.3 is 0 Å². The van der Waals surface area contributed by atoms with Crippen LogP contribution in [0.2, 0.25) is 0 Å². The van der Waals surface area contributed by atoms with E-state index in [-0.39, 0.29) is 16.8 Å². The van der Waals surface area contributed by atoms with Crippen LogP contribution in [-0.4, -0.2) is 34.7 Å². The molecule has 7 heteroatoms. The van der Waals surface area contributed by atoms with Gasteiger partial charge in [0.1, 0.15) is 17.5 Å². The van der Waals surface area contributed by atoms with E-state index in [1.54, 1.807) is 18.3 Å². The number of rotatable bonds is 6. The lowest BCUT2D eigenvalue weighted by Crippen LogP contribution is -2.40. The Hall–Kier alpha value is -3.06. The number of aryl methyl sites for hydroxylation is 1. The standard InChI is InChI=1S/C23H25FN4O2/c1-2-19-13-21(29)28-22(27-19)16-6-7-20(25-14-16)26-15-23(8-10-30-11-9-23)17-4-3-5-18(24)12-17/h3-7,12-14H,2,8-11,15H2,1H3,(H,25,26)(H,27,28,29). The van der Waals surface area contributed by atoms with Gasteiger partial charge in [0.2, 0.25) is 0 Å². The van der Waals surface area contributed by atoms with Crippen LogP contribution in [0.4, 0.5) is 10.2 Å². The van der Waals surface area contributed by atoms with Crippen LogP contribution >= 0.6 is 0 Å². The third-order valence-corrected chi connectivity index (χ3v) is 5.69. The SMILES string of the molecule is CCc1cc(=O)[nH]c(-c2ccc(NCC3(c4cccc(F)c4)CCOCC3)nc2)n1. The van der Waals surface area contributed by atoms with Crippen LogP contribution in [0.25, 0.3) is 11.4 Å². The van der Waals surface area contributed by atoms with E-state index in [2.05, 4.69) is 20.3 Å². The van der Waals surface area contributed by atoms with Crippen LogP contribution < -0.4 is 10.9 Å². The number of aromatic amines is 1. The highest BCUT2D eigenvalue weighted by atomic mass is 19.1. The number of nitrogens with one attached hydrogen (secondary N) is 2. The highest BCUT2D eigenvalue weighted by molar-refractivity contribution is 5.56. The topological polar surface area (TPSA) is 79.9 Å². The third kappa shape index (κ3) is 4.41. The minimum Gasteiger partial charge on any atom is -0.381 e. The predicted octanol–water partition coefficient (Wildman–Crippen LogP) is 3.69. The van der Waals surface area contributed by atoms with Crippen LogP contribution in [0, 0.1) is 5.82 Å². The van der Waals surface area contributed by atoms with Crippen molar-refractivity contribution in [1.29, 1.82) is 0 Å². The molecule has 0 bridgehead atoms. The Kier molecular flexibility index (Phi) is 5.90. The molecule has 1 fully saturated rings. The molecule has 2 aromatic heterocycles. The second kappa shape index (κ2) is 8.75. The van der Waals surface area contributed by atoms with Gasteiger partial charge in [-0.25, -0.2) is 14.4 Å². The summed E-state index contributed by atoms with van der Waals surface area (Å²) in [5.41, 5.74) is 2.10. The third-order valence-electron chi connectivity index (χ3n) is 5.69. The summed E-state index contributed by atoms with van der Waals surface area (Å²) in [5.74, 6) is 1.01. The van der Waals surface area contributed by atoms with E-state index in [1.807, 2.05) is 25.1 Å². The molecule has 3 aromatic rings. The molecule has 0 radical (unpaired) electrons. The maximum absolute atomic E-state index is 13.8. The monoisotopic (exact) mass is 408 g/mol. The van der Waals surface area contributed by atoms with Crippen molar-refractivity contribution in [2.75, 3.05) is 25.1 Å². The molecule has 0 spiro atoms. The number of nitrogens with zero attached hydrogens (tertiary/aromatic N) is 2. The quantitative estimate of drug-likeness (QED) is 0.650. The number of anilines is 1. The summed E-state index contributed by atoms with van der Waals surface area (Å²) in [7, 11) is 0. The van der Waals surface area contributed by atoms with Crippen molar-refractivity contribution in [3.8, 4) is 11.4 Å². The summed E-state index contributed by atoms with van der Waals surface area (Å²) in [5, 5.41) is 3.40. The fraction of sp³-hybridized carbons (Fsp3) is 0.348. The van der Waals surface area contributed by atoms with Crippen molar-refractivity contribution >= 4 is 5.82 Å². The van der Waals surface area contributed by atoms with Gasteiger partial charge in [-0.15, -0.1) is 0 Å². The predicted molar refractivity (Wildman–Crippen MR) is 114 cm³/mol. The van der Waals surface area contributed by atoms with E-state index in [0.717, 1.165) is 35.5 Å². The Morgan fingerprint density at radius 1 is 1.20 bits per heavy atom. The molecule has 156 valence electrons. The van der Waals surface area contributed by atoms with Crippen molar-refractivity contribution in [2.24, 2.45) is 0 Å². The smallest absolute Gasteiger partial charge is 0.251 e. The fourth-order valence-corrected chi connectivity index (χ4v) is 3.87. The molecule has 0 saturated carbocycles. The highest BCUT2D eigenvalue weighted by Crippen LogP contribution is 2.35. The number of hydrogen-bond donors (Lipinski definition) is 2. The van der Waals surface area contributed by atoms with Gasteiger partial charge in [-0.1, -0.05) is 19.1 Å². The molecule has 0 aliphatic carbocycles. The second-order valence-electron chi connectivity index (χ2n) is 7.63. The Labute approximate surface area is 174 Å². The number of aromatic nitrogens is 3. The summed E-state index contributed by atoms with van der Waals surface area (Å²) in [4.78, 5) is 23.5. The van der Waals surface area contributed by atoms with E-state index in [4.69, 9.17) is 4.74 Å². The largest absolute Gasteiger partial charge is 0.381 e. The van der Waals surface area contributed by atoms with Crippen LogP contribution in [0.3, 0.4) is 0 Å². The first-order valence-corrected chi connectivity index (χ1v) is 10.2. The number of H-pyrrole nitrogens is 1. The summed E-state index contributed by atoms with van der Waals surface area (Å²) < 4.78 is 19.4. The van der Waals surface area contributed by atoms with E-state index in [9.17, 15) is 9.18 Å². The molecule has 1 aromatic carbocycles. The fourth-order valence-electron chi connectivity index (χ4n) is 3.87. The molecular weight excluding hydrogens is 383 g/mol. The van der Waals surface area contributed by atoms with Gasteiger partial charge in [0.25, 0.3) is 5.56 Å². The van der Waals surface area contributed by atoms with Crippen molar-refractivity contribution in [3.63, 3.8) is 0 Å².